The third-order valence-electron chi connectivity index (χ3n) is 3.16. The Hall–Kier alpha value is -1.75. The highest BCUT2D eigenvalue weighted by molar-refractivity contribution is 5.98. The number of hydrogen-bond acceptors (Lipinski definition) is 4. The zero-order valence-electron chi connectivity index (χ0n) is 11.9. The largest absolute Gasteiger partial charge is 0.491 e. The summed E-state index contributed by atoms with van der Waals surface area (Å²) in [4.78, 5) is 14.0. The summed E-state index contributed by atoms with van der Waals surface area (Å²) in [6.07, 6.45) is 0. The molecule has 0 aliphatic carbocycles. The Bertz CT molecular complexity index is 458. The Kier molecular flexibility index (Phi) is 4.78. The molecule has 0 radical (unpaired) electrons. The van der Waals surface area contributed by atoms with Crippen molar-refractivity contribution >= 4 is 11.6 Å². The van der Waals surface area contributed by atoms with Gasteiger partial charge in [0, 0.05) is 7.05 Å². The Morgan fingerprint density at radius 1 is 1.47 bits per heavy atom. The number of nitrogens with zero attached hydrogens (tertiary/aromatic N) is 1. The molecule has 0 saturated carbocycles. The predicted molar refractivity (Wildman–Crippen MR) is 75.3 cm³/mol. The van der Waals surface area contributed by atoms with Crippen LogP contribution in [-0.4, -0.2) is 41.7 Å². The number of carbonyl (C=O) groups excluding carboxylic acids is 1. The minimum Gasteiger partial charge on any atom is -0.491 e. The van der Waals surface area contributed by atoms with Crippen LogP contribution >= 0.6 is 0 Å². The first-order valence-electron chi connectivity index (χ1n) is 6.25. The molecule has 0 saturated heterocycles. The van der Waals surface area contributed by atoms with E-state index in [-0.39, 0.29) is 12.5 Å². The van der Waals surface area contributed by atoms with Gasteiger partial charge in [-0.25, -0.2) is 0 Å². The Morgan fingerprint density at radius 2 is 2.11 bits per heavy atom. The average molecular weight is 266 g/mol. The van der Waals surface area contributed by atoms with Crippen molar-refractivity contribution in [3.63, 3.8) is 0 Å². The van der Waals surface area contributed by atoms with E-state index in [2.05, 4.69) is 0 Å². The number of para-hydroxylation sites is 1. The Labute approximate surface area is 114 Å². The number of aliphatic hydroxyl groups excluding tert-OH is 1. The molecule has 3 N–H and O–H groups in total. The van der Waals surface area contributed by atoms with E-state index in [0.717, 1.165) is 0 Å². The van der Waals surface area contributed by atoms with Crippen molar-refractivity contribution in [2.75, 3.05) is 26.0 Å². The summed E-state index contributed by atoms with van der Waals surface area (Å²) >= 11 is 0. The van der Waals surface area contributed by atoms with Crippen molar-refractivity contribution in [2.45, 2.75) is 26.3 Å². The quantitative estimate of drug-likeness (QED) is 0.792. The molecule has 1 aromatic carbocycles. The van der Waals surface area contributed by atoms with Crippen molar-refractivity contribution in [2.24, 2.45) is 0 Å². The molecule has 0 fully saturated rings. The smallest absolute Gasteiger partial charge is 0.257 e. The summed E-state index contributed by atoms with van der Waals surface area (Å²) in [5.74, 6) is 0.172. The Morgan fingerprint density at radius 3 is 2.63 bits per heavy atom. The standard InChI is InChI=1S/C14H22N2O3/c1-5-19-12-10(7-6-8-11(12)15)13(18)16(4)14(2,3)9-17/h6-8,17H,5,9,15H2,1-4H3. The molecule has 0 aliphatic rings. The van der Waals surface area contributed by atoms with E-state index in [4.69, 9.17) is 10.5 Å². The minimum absolute atomic E-state index is 0.123. The molecular weight excluding hydrogens is 244 g/mol. The number of hydrogen-bond donors (Lipinski definition) is 2. The monoisotopic (exact) mass is 266 g/mol. The fourth-order valence-corrected chi connectivity index (χ4v) is 1.59. The molecule has 0 aliphatic heterocycles. The fourth-order valence-electron chi connectivity index (χ4n) is 1.59. The molecule has 1 rings (SSSR count). The highest BCUT2D eigenvalue weighted by Crippen LogP contribution is 2.28. The lowest BCUT2D eigenvalue weighted by atomic mass is 10.0. The molecular formula is C14H22N2O3. The lowest BCUT2D eigenvalue weighted by Crippen LogP contribution is -2.47. The maximum atomic E-state index is 12.5. The van der Waals surface area contributed by atoms with Crippen LogP contribution in [0.25, 0.3) is 0 Å². The molecule has 0 aromatic heterocycles. The van der Waals surface area contributed by atoms with Crippen LogP contribution in [-0.2, 0) is 0 Å². The van der Waals surface area contributed by atoms with E-state index in [1.807, 2.05) is 6.92 Å². The van der Waals surface area contributed by atoms with E-state index >= 15 is 0 Å². The first kappa shape index (κ1) is 15.3. The number of likely N-dealkylation sites (N-methyl/N-ethyl adjacent to an activating group) is 1. The summed E-state index contributed by atoms with van der Waals surface area (Å²) < 4.78 is 5.45. The van der Waals surface area contributed by atoms with Crippen molar-refractivity contribution in [3.8, 4) is 5.75 Å². The number of anilines is 1. The molecule has 106 valence electrons. The van der Waals surface area contributed by atoms with Crippen LogP contribution in [0.2, 0.25) is 0 Å². The van der Waals surface area contributed by atoms with Gasteiger partial charge < -0.3 is 20.5 Å². The van der Waals surface area contributed by atoms with Crippen LogP contribution in [0.5, 0.6) is 5.75 Å². The fraction of sp³-hybridized carbons (Fsp3) is 0.500. The second kappa shape index (κ2) is 5.93. The van der Waals surface area contributed by atoms with Crippen LogP contribution in [0, 0.1) is 0 Å². The molecule has 19 heavy (non-hydrogen) atoms. The van der Waals surface area contributed by atoms with Gasteiger partial charge in [-0.05, 0) is 32.9 Å². The number of nitrogen functional groups attached to an aromatic ring is 1. The van der Waals surface area contributed by atoms with Gasteiger partial charge in [-0.15, -0.1) is 0 Å². The van der Waals surface area contributed by atoms with E-state index < -0.39 is 5.54 Å². The van der Waals surface area contributed by atoms with Crippen LogP contribution in [0.3, 0.4) is 0 Å². The summed E-state index contributed by atoms with van der Waals surface area (Å²) in [7, 11) is 1.65. The number of amides is 1. The minimum atomic E-state index is -0.648. The third-order valence-corrected chi connectivity index (χ3v) is 3.16. The predicted octanol–water partition coefficient (Wildman–Crippen LogP) is 1.51. The van der Waals surface area contributed by atoms with Gasteiger partial charge in [0.25, 0.3) is 5.91 Å². The van der Waals surface area contributed by atoms with E-state index in [0.29, 0.717) is 23.6 Å². The van der Waals surface area contributed by atoms with Crippen LogP contribution in [0.4, 0.5) is 5.69 Å². The molecule has 0 heterocycles. The summed E-state index contributed by atoms with van der Waals surface area (Å²) in [6, 6.07) is 5.08. The normalized spacial score (nSPS) is 11.2. The van der Waals surface area contributed by atoms with Gasteiger partial charge in [0.1, 0.15) is 0 Å². The zero-order chi connectivity index (χ0) is 14.6. The summed E-state index contributed by atoms with van der Waals surface area (Å²) in [5.41, 5.74) is 6.04. The molecule has 0 spiro atoms. The zero-order valence-corrected chi connectivity index (χ0v) is 11.9. The molecule has 0 atom stereocenters. The SMILES string of the molecule is CCOc1c(N)cccc1C(=O)N(C)C(C)(C)CO. The Balaban J connectivity index is 3.16. The third kappa shape index (κ3) is 3.17. The maximum Gasteiger partial charge on any atom is 0.257 e. The number of aliphatic hydroxyl groups is 1. The molecule has 1 aromatic rings. The lowest BCUT2D eigenvalue weighted by Gasteiger charge is -2.34. The molecule has 0 bridgehead atoms. The number of nitrogens with two attached hydrogens (primary N) is 1. The molecule has 5 heteroatoms. The van der Waals surface area contributed by atoms with Gasteiger partial charge in [0.05, 0.1) is 30.0 Å². The van der Waals surface area contributed by atoms with Gasteiger partial charge in [0.2, 0.25) is 0 Å². The molecule has 0 unspecified atom stereocenters. The van der Waals surface area contributed by atoms with Crippen molar-refractivity contribution in [3.05, 3.63) is 23.8 Å². The number of benzene rings is 1. The van der Waals surface area contributed by atoms with E-state index in [1.54, 1.807) is 39.1 Å². The first-order chi connectivity index (χ1) is 8.85. The van der Waals surface area contributed by atoms with Gasteiger partial charge in [0.15, 0.2) is 5.75 Å². The highest BCUT2D eigenvalue weighted by Gasteiger charge is 2.29. The number of rotatable bonds is 5. The summed E-state index contributed by atoms with van der Waals surface area (Å²) in [6.45, 7) is 5.72. The molecule has 1 amide bonds. The van der Waals surface area contributed by atoms with E-state index in [9.17, 15) is 9.90 Å². The van der Waals surface area contributed by atoms with Crippen molar-refractivity contribution in [1.29, 1.82) is 0 Å². The number of ether oxygens (including phenoxy) is 1. The second-order valence-corrected chi connectivity index (χ2v) is 4.99. The van der Waals surface area contributed by atoms with Crippen LogP contribution in [0.15, 0.2) is 18.2 Å². The maximum absolute atomic E-state index is 12.5. The highest BCUT2D eigenvalue weighted by atomic mass is 16.5. The number of carbonyl (C=O) groups is 1. The van der Waals surface area contributed by atoms with E-state index in [1.165, 1.54) is 4.90 Å². The van der Waals surface area contributed by atoms with Gasteiger partial charge in [-0.3, -0.25) is 4.79 Å². The second-order valence-electron chi connectivity index (χ2n) is 4.99. The van der Waals surface area contributed by atoms with Crippen LogP contribution < -0.4 is 10.5 Å². The molecule has 5 nitrogen and oxygen atoms in total. The topological polar surface area (TPSA) is 75.8 Å². The van der Waals surface area contributed by atoms with Crippen molar-refractivity contribution < 1.29 is 14.6 Å². The van der Waals surface area contributed by atoms with Gasteiger partial charge >= 0.3 is 0 Å². The lowest BCUT2D eigenvalue weighted by molar-refractivity contribution is 0.0470. The average Bonchev–Trinajstić information content (AvgIpc) is 2.39. The summed E-state index contributed by atoms with van der Waals surface area (Å²) in [5, 5.41) is 9.34. The van der Waals surface area contributed by atoms with Crippen molar-refractivity contribution in [1.82, 2.24) is 4.90 Å². The van der Waals surface area contributed by atoms with Gasteiger partial charge in [-0.2, -0.15) is 0 Å². The first-order valence-corrected chi connectivity index (χ1v) is 6.25. The van der Waals surface area contributed by atoms with Crippen LogP contribution in [0.1, 0.15) is 31.1 Å². The van der Waals surface area contributed by atoms with Gasteiger partial charge in [-0.1, -0.05) is 6.07 Å².